The first-order chi connectivity index (χ1) is 7.17. The van der Waals surface area contributed by atoms with Gasteiger partial charge in [-0.3, -0.25) is 4.79 Å². The predicted molar refractivity (Wildman–Crippen MR) is 67.7 cm³/mol. The third-order valence-corrected chi connectivity index (χ3v) is 4.28. The van der Waals surface area contributed by atoms with Crippen LogP contribution in [0.1, 0.15) is 33.1 Å². The summed E-state index contributed by atoms with van der Waals surface area (Å²) in [5, 5.41) is 6.33. The number of amides is 1. The molecule has 1 saturated carbocycles. The Morgan fingerprint density at radius 1 is 1.50 bits per heavy atom. The van der Waals surface area contributed by atoms with Crippen molar-refractivity contribution in [2.75, 3.05) is 19.6 Å². The van der Waals surface area contributed by atoms with E-state index in [2.05, 4.69) is 17.6 Å². The van der Waals surface area contributed by atoms with Crippen molar-refractivity contribution in [1.29, 1.82) is 0 Å². The van der Waals surface area contributed by atoms with Gasteiger partial charge in [0.2, 0.25) is 5.91 Å². The van der Waals surface area contributed by atoms with Gasteiger partial charge in [0.1, 0.15) is 0 Å². The van der Waals surface area contributed by atoms with Gasteiger partial charge in [-0.1, -0.05) is 13.8 Å². The molecule has 94 valence electrons. The fraction of sp³-hybridized carbons (Fsp3) is 0.917. The van der Waals surface area contributed by atoms with Crippen LogP contribution in [0, 0.1) is 17.3 Å². The van der Waals surface area contributed by atoms with Gasteiger partial charge in [0.15, 0.2) is 0 Å². The molecule has 1 unspecified atom stereocenters. The second kappa shape index (κ2) is 5.37. The second-order valence-corrected chi connectivity index (χ2v) is 5.28. The lowest BCUT2D eigenvalue weighted by atomic mass is 9.88. The number of carbonyl (C=O) groups is 1. The summed E-state index contributed by atoms with van der Waals surface area (Å²) in [7, 11) is 0. The van der Waals surface area contributed by atoms with Crippen molar-refractivity contribution in [3.05, 3.63) is 0 Å². The van der Waals surface area contributed by atoms with Crippen LogP contribution in [0.3, 0.4) is 0 Å². The minimum Gasteiger partial charge on any atom is -0.355 e. The zero-order chi connectivity index (χ0) is 10.9. The summed E-state index contributed by atoms with van der Waals surface area (Å²) in [5.74, 6) is 0.988. The molecule has 0 radical (unpaired) electrons. The van der Waals surface area contributed by atoms with Crippen LogP contribution in [0.15, 0.2) is 0 Å². The van der Waals surface area contributed by atoms with E-state index in [4.69, 9.17) is 0 Å². The van der Waals surface area contributed by atoms with E-state index in [9.17, 15) is 4.79 Å². The first kappa shape index (κ1) is 13.8. The molecule has 0 aromatic carbocycles. The predicted octanol–water partition coefficient (Wildman–Crippen LogP) is 1.57. The molecule has 0 aromatic heterocycles. The molecule has 1 aliphatic carbocycles. The van der Waals surface area contributed by atoms with Gasteiger partial charge in [0, 0.05) is 12.5 Å². The summed E-state index contributed by atoms with van der Waals surface area (Å²) < 4.78 is 0. The van der Waals surface area contributed by atoms with Gasteiger partial charge in [0.25, 0.3) is 0 Å². The van der Waals surface area contributed by atoms with Gasteiger partial charge < -0.3 is 10.6 Å². The molecule has 1 heterocycles. The van der Waals surface area contributed by atoms with Gasteiger partial charge in [0.05, 0.1) is 0 Å². The smallest absolute Gasteiger partial charge is 0.223 e. The zero-order valence-corrected chi connectivity index (χ0v) is 11.0. The average molecular weight is 247 g/mol. The summed E-state index contributed by atoms with van der Waals surface area (Å²) in [6, 6.07) is 0. The van der Waals surface area contributed by atoms with Crippen LogP contribution in [-0.2, 0) is 4.79 Å². The molecule has 16 heavy (non-hydrogen) atoms. The van der Waals surface area contributed by atoms with E-state index in [0.29, 0.717) is 11.3 Å². The van der Waals surface area contributed by atoms with E-state index in [1.807, 2.05) is 6.92 Å². The van der Waals surface area contributed by atoms with Crippen LogP contribution >= 0.6 is 12.4 Å². The molecule has 4 heteroatoms. The van der Waals surface area contributed by atoms with Crippen LogP contribution < -0.4 is 10.6 Å². The summed E-state index contributed by atoms with van der Waals surface area (Å²) in [6.07, 6.45) is 3.79. The average Bonchev–Trinajstić information content (AvgIpc) is 2.92. The van der Waals surface area contributed by atoms with Crippen LogP contribution in [0.5, 0.6) is 0 Å². The lowest BCUT2D eigenvalue weighted by molar-refractivity contribution is -0.126. The lowest BCUT2D eigenvalue weighted by Crippen LogP contribution is -2.50. The standard InChI is InChI=1S/C12H22N2O.ClH/c1-3-12(4-5-12)8-14-11(15)9(2)10-6-13-7-10;/h9-10,13H,3-8H2,1-2H3,(H,14,15);1H. The lowest BCUT2D eigenvalue weighted by Gasteiger charge is -2.32. The van der Waals surface area contributed by atoms with Crippen molar-refractivity contribution in [3.63, 3.8) is 0 Å². The summed E-state index contributed by atoms with van der Waals surface area (Å²) in [6.45, 7) is 7.18. The molecule has 2 aliphatic rings. The number of nitrogens with one attached hydrogen (secondary N) is 2. The maximum absolute atomic E-state index is 11.8. The summed E-state index contributed by atoms with van der Waals surface area (Å²) >= 11 is 0. The van der Waals surface area contributed by atoms with E-state index in [-0.39, 0.29) is 24.2 Å². The highest BCUT2D eigenvalue weighted by Gasteiger charge is 2.41. The third-order valence-electron chi connectivity index (χ3n) is 4.28. The molecule has 2 rings (SSSR count). The maximum Gasteiger partial charge on any atom is 0.223 e. The third kappa shape index (κ3) is 2.89. The largest absolute Gasteiger partial charge is 0.355 e. The first-order valence-corrected chi connectivity index (χ1v) is 6.15. The molecule has 2 fully saturated rings. The van der Waals surface area contributed by atoms with Crippen LogP contribution in [0.25, 0.3) is 0 Å². The second-order valence-electron chi connectivity index (χ2n) is 5.28. The normalized spacial score (nSPS) is 23.9. The minimum atomic E-state index is 0. The molecular formula is C12H23ClN2O. The van der Waals surface area contributed by atoms with Crippen LogP contribution in [-0.4, -0.2) is 25.5 Å². The van der Waals surface area contributed by atoms with Crippen molar-refractivity contribution in [3.8, 4) is 0 Å². The first-order valence-electron chi connectivity index (χ1n) is 6.15. The van der Waals surface area contributed by atoms with E-state index < -0.39 is 0 Å². The fourth-order valence-electron chi connectivity index (χ4n) is 2.15. The quantitative estimate of drug-likeness (QED) is 0.773. The maximum atomic E-state index is 11.8. The van der Waals surface area contributed by atoms with E-state index in [0.717, 1.165) is 19.6 Å². The number of halogens is 1. The van der Waals surface area contributed by atoms with E-state index in [1.54, 1.807) is 0 Å². The highest BCUT2D eigenvalue weighted by molar-refractivity contribution is 5.85. The molecule has 3 nitrogen and oxygen atoms in total. The highest BCUT2D eigenvalue weighted by atomic mass is 35.5. The number of hydrogen-bond acceptors (Lipinski definition) is 2. The number of carbonyl (C=O) groups excluding carboxylic acids is 1. The molecule has 0 bridgehead atoms. The van der Waals surface area contributed by atoms with Gasteiger partial charge in [-0.25, -0.2) is 0 Å². The van der Waals surface area contributed by atoms with Crippen molar-refractivity contribution < 1.29 is 4.79 Å². The Hall–Kier alpha value is -0.280. The minimum absolute atomic E-state index is 0. The molecule has 1 saturated heterocycles. The monoisotopic (exact) mass is 246 g/mol. The Morgan fingerprint density at radius 2 is 2.12 bits per heavy atom. The molecule has 1 atom stereocenters. The molecule has 2 N–H and O–H groups in total. The fourth-order valence-corrected chi connectivity index (χ4v) is 2.15. The topological polar surface area (TPSA) is 41.1 Å². The van der Waals surface area contributed by atoms with Crippen molar-refractivity contribution in [2.24, 2.45) is 17.3 Å². The van der Waals surface area contributed by atoms with Gasteiger partial charge in [-0.15, -0.1) is 12.4 Å². The molecule has 1 amide bonds. The van der Waals surface area contributed by atoms with Crippen molar-refractivity contribution >= 4 is 18.3 Å². The van der Waals surface area contributed by atoms with E-state index >= 15 is 0 Å². The Balaban J connectivity index is 0.00000128. The molecule has 0 spiro atoms. The van der Waals surface area contributed by atoms with E-state index in [1.165, 1.54) is 19.3 Å². The summed E-state index contributed by atoms with van der Waals surface area (Å²) in [4.78, 5) is 11.8. The van der Waals surface area contributed by atoms with Crippen LogP contribution in [0.2, 0.25) is 0 Å². The SMILES string of the molecule is CCC1(CNC(=O)C(C)C2CNC2)CC1.Cl. The Kier molecular flexibility index (Phi) is 4.62. The van der Waals surface area contributed by atoms with Crippen molar-refractivity contribution in [1.82, 2.24) is 10.6 Å². The molecular weight excluding hydrogens is 224 g/mol. The summed E-state index contributed by atoms with van der Waals surface area (Å²) in [5.41, 5.74) is 0.466. The van der Waals surface area contributed by atoms with Crippen molar-refractivity contribution in [2.45, 2.75) is 33.1 Å². The Morgan fingerprint density at radius 3 is 2.50 bits per heavy atom. The molecule has 1 aliphatic heterocycles. The van der Waals surface area contributed by atoms with Gasteiger partial charge in [-0.2, -0.15) is 0 Å². The van der Waals surface area contributed by atoms with Gasteiger partial charge in [-0.05, 0) is 43.7 Å². The highest BCUT2D eigenvalue weighted by Crippen LogP contribution is 2.47. The van der Waals surface area contributed by atoms with Gasteiger partial charge >= 0.3 is 0 Å². The zero-order valence-electron chi connectivity index (χ0n) is 10.2. The Labute approximate surface area is 104 Å². The number of rotatable bonds is 5. The van der Waals surface area contributed by atoms with Crippen LogP contribution in [0.4, 0.5) is 0 Å². The Bertz CT molecular complexity index is 249. The number of hydrogen-bond donors (Lipinski definition) is 2. The molecule has 0 aromatic rings.